The van der Waals surface area contributed by atoms with Crippen LogP contribution >= 0.6 is 0 Å². The van der Waals surface area contributed by atoms with Crippen molar-refractivity contribution in [3.05, 3.63) is 12.2 Å². The summed E-state index contributed by atoms with van der Waals surface area (Å²) >= 11 is 0. The van der Waals surface area contributed by atoms with Crippen LogP contribution in [0.3, 0.4) is 0 Å². The predicted molar refractivity (Wildman–Crippen MR) is 28.9 cm³/mol. The van der Waals surface area contributed by atoms with E-state index >= 15 is 0 Å². The summed E-state index contributed by atoms with van der Waals surface area (Å²) in [6, 6.07) is 0. The first kappa shape index (κ1) is 9.18. The molecule has 0 radical (unpaired) electrons. The number of rotatable bonds is 0. The summed E-state index contributed by atoms with van der Waals surface area (Å²) < 4.78 is 0. The second kappa shape index (κ2) is 8.82. The first-order chi connectivity index (χ1) is 2.73. The first-order valence-corrected chi connectivity index (χ1v) is 1.69. The lowest BCUT2D eigenvalue weighted by molar-refractivity contribution is 1.26. The van der Waals surface area contributed by atoms with Crippen LogP contribution in [0.25, 0.3) is 0 Å². The van der Waals surface area contributed by atoms with E-state index in [9.17, 15) is 0 Å². The summed E-state index contributed by atoms with van der Waals surface area (Å²) in [5.74, 6) is 8.00. The third kappa shape index (κ3) is 224. The molecule has 0 aromatic carbocycles. The molecule has 0 fully saturated rings. The van der Waals surface area contributed by atoms with Crippen LogP contribution in [-0.2, 0) is 0 Å². The minimum absolute atomic E-state index is 1.17. The van der Waals surface area contributed by atoms with Crippen molar-refractivity contribution in [1.82, 2.24) is 0 Å². The van der Waals surface area contributed by atoms with Gasteiger partial charge in [0, 0.05) is 0 Å². The standard InChI is InChI=1S/C4H8.H4N2/c1-4(2)3;1-2/h1H2,2-3H3;1-2H2. The molecule has 6 heavy (non-hydrogen) atoms. The highest BCUT2D eigenvalue weighted by Gasteiger charge is 1.51. The Morgan fingerprint density at radius 1 is 1.33 bits per heavy atom. The molecule has 0 aromatic rings. The molecule has 0 rings (SSSR count). The highest BCUT2D eigenvalue weighted by Crippen LogP contribution is 1.73. The van der Waals surface area contributed by atoms with Crippen molar-refractivity contribution < 1.29 is 0 Å². The minimum atomic E-state index is 1.17. The monoisotopic (exact) mass is 88.1 g/mol. The summed E-state index contributed by atoms with van der Waals surface area (Å²) in [7, 11) is 0. The van der Waals surface area contributed by atoms with Crippen molar-refractivity contribution in [1.29, 1.82) is 0 Å². The van der Waals surface area contributed by atoms with Gasteiger partial charge in [0.15, 0.2) is 0 Å². The van der Waals surface area contributed by atoms with Crippen molar-refractivity contribution in [3.63, 3.8) is 0 Å². The molecule has 0 heterocycles. The summed E-state index contributed by atoms with van der Waals surface area (Å²) in [5, 5.41) is 0. The largest absolute Gasteiger partial charge is 0.274 e. The topological polar surface area (TPSA) is 52.0 Å². The Bertz CT molecular complexity index is 28.5. The molecule has 2 nitrogen and oxygen atoms in total. The molecule has 0 bridgehead atoms. The van der Waals surface area contributed by atoms with E-state index in [1.54, 1.807) is 0 Å². The number of nitrogens with two attached hydrogens (primary N) is 2. The molecule has 0 spiro atoms. The Morgan fingerprint density at radius 2 is 1.33 bits per heavy atom. The van der Waals surface area contributed by atoms with E-state index in [-0.39, 0.29) is 0 Å². The van der Waals surface area contributed by atoms with E-state index in [4.69, 9.17) is 0 Å². The lowest BCUT2D eigenvalue weighted by Gasteiger charge is -1.65. The average molecular weight is 88.2 g/mol. The van der Waals surface area contributed by atoms with Crippen molar-refractivity contribution in [2.75, 3.05) is 0 Å². The van der Waals surface area contributed by atoms with E-state index in [2.05, 4.69) is 18.3 Å². The summed E-state index contributed by atoms with van der Waals surface area (Å²) in [4.78, 5) is 0. The zero-order chi connectivity index (χ0) is 5.58. The van der Waals surface area contributed by atoms with Crippen LogP contribution in [0.1, 0.15) is 13.8 Å². The molecule has 0 amide bonds. The Labute approximate surface area is 38.8 Å². The van der Waals surface area contributed by atoms with Gasteiger partial charge >= 0.3 is 0 Å². The van der Waals surface area contributed by atoms with Gasteiger partial charge < -0.3 is 0 Å². The molecule has 0 aromatic heterocycles. The normalized spacial score (nSPS) is 5.33. The van der Waals surface area contributed by atoms with Gasteiger partial charge in [-0.1, -0.05) is 5.57 Å². The van der Waals surface area contributed by atoms with Gasteiger partial charge in [-0.2, -0.15) is 0 Å². The SMILES string of the molecule is C=C(C)C.NN. The van der Waals surface area contributed by atoms with Crippen LogP contribution in [0.15, 0.2) is 12.2 Å². The number of hydrogen-bond donors (Lipinski definition) is 2. The molecule has 0 saturated heterocycles. The Hall–Kier alpha value is -0.340. The van der Waals surface area contributed by atoms with Crippen LogP contribution in [0.4, 0.5) is 0 Å². The van der Waals surface area contributed by atoms with Gasteiger partial charge in [-0.3, -0.25) is 11.7 Å². The van der Waals surface area contributed by atoms with Crippen molar-refractivity contribution in [2.45, 2.75) is 13.8 Å². The van der Waals surface area contributed by atoms with Gasteiger partial charge in [0.1, 0.15) is 0 Å². The van der Waals surface area contributed by atoms with Crippen molar-refractivity contribution in [3.8, 4) is 0 Å². The maximum Gasteiger partial charge on any atom is -0.0445 e. The quantitative estimate of drug-likeness (QED) is 0.256. The number of allylic oxidation sites excluding steroid dienone is 1. The van der Waals surface area contributed by atoms with Crippen LogP contribution in [0, 0.1) is 0 Å². The fourth-order valence-electron chi connectivity index (χ4n) is 0. The van der Waals surface area contributed by atoms with Crippen LogP contribution < -0.4 is 11.7 Å². The van der Waals surface area contributed by atoms with Crippen molar-refractivity contribution >= 4 is 0 Å². The third-order valence-electron chi connectivity index (χ3n) is 0. The number of hydrogen-bond acceptors (Lipinski definition) is 2. The van der Waals surface area contributed by atoms with E-state index in [1.807, 2.05) is 13.8 Å². The van der Waals surface area contributed by atoms with Crippen LogP contribution in [0.5, 0.6) is 0 Å². The lowest BCUT2D eigenvalue weighted by Crippen LogP contribution is -2.02. The minimum Gasteiger partial charge on any atom is -0.274 e. The lowest BCUT2D eigenvalue weighted by atomic mass is 10.4. The summed E-state index contributed by atoms with van der Waals surface area (Å²) in [5.41, 5.74) is 1.17. The predicted octanol–water partition coefficient (Wildman–Crippen LogP) is 0.401. The molecule has 38 valence electrons. The molecule has 0 aliphatic heterocycles. The van der Waals surface area contributed by atoms with Crippen molar-refractivity contribution in [2.24, 2.45) is 11.7 Å². The molecular formula is C4H12N2. The van der Waals surface area contributed by atoms with E-state index in [0.717, 1.165) is 0 Å². The van der Waals surface area contributed by atoms with Gasteiger partial charge in [-0.15, -0.1) is 6.58 Å². The molecule has 0 atom stereocenters. The molecule has 0 aliphatic rings. The highest BCUT2D eigenvalue weighted by atomic mass is 15.0. The smallest absolute Gasteiger partial charge is 0.0445 e. The van der Waals surface area contributed by atoms with E-state index in [0.29, 0.717) is 0 Å². The number of hydrazine groups is 1. The van der Waals surface area contributed by atoms with Crippen LogP contribution in [0.2, 0.25) is 0 Å². The highest BCUT2D eigenvalue weighted by molar-refractivity contribution is 4.78. The summed E-state index contributed by atoms with van der Waals surface area (Å²) in [6.45, 7) is 7.50. The maximum absolute atomic E-state index is 4.00. The zero-order valence-corrected chi connectivity index (χ0v) is 4.36. The molecule has 0 saturated carbocycles. The van der Waals surface area contributed by atoms with E-state index < -0.39 is 0 Å². The summed E-state index contributed by atoms with van der Waals surface area (Å²) in [6.07, 6.45) is 0. The zero-order valence-electron chi connectivity index (χ0n) is 4.36. The van der Waals surface area contributed by atoms with Gasteiger partial charge in [-0.05, 0) is 13.8 Å². The van der Waals surface area contributed by atoms with Gasteiger partial charge in [0.2, 0.25) is 0 Å². The molecule has 0 unspecified atom stereocenters. The van der Waals surface area contributed by atoms with Crippen LogP contribution in [-0.4, -0.2) is 0 Å². The van der Waals surface area contributed by atoms with Gasteiger partial charge in [-0.25, -0.2) is 0 Å². The molecule has 2 heteroatoms. The van der Waals surface area contributed by atoms with E-state index in [1.165, 1.54) is 5.57 Å². The molecular weight excluding hydrogens is 76.1 g/mol. The molecule has 0 aliphatic carbocycles. The Kier molecular flexibility index (Phi) is 13.5. The first-order valence-electron chi connectivity index (χ1n) is 1.69. The fourth-order valence-corrected chi connectivity index (χ4v) is 0. The second-order valence-electron chi connectivity index (χ2n) is 1.21. The second-order valence-corrected chi connectivity index (χ2v) is 1.21. The molecule has 4 N–H and O–H groups in total. The fraction of sp³-hybridized carbons (Fsp3) is 0.500. The maximum atomic E-state index is 4.00. The Morgan fingerprint density at radius 3 is 1.33 bits per heavy atom. The van der Waals surface area contributed by atoms with Gasteiger partial charge in [0.05, 0.1) is 0 Å². The third-order valence-corrected chi connectivity index (χ3v) is 0. The average Bonchev–Trinajstić information content (AvgIpc) is 1.41. The Balaban J connectivity index is 0. The van der Waals surface area contributed by atoms with Gasteiger partial charge in [0.25, 0.3) is 0 Å².